The number of hydrogen-bond acceptors (Lipinski definition) is 3. The second-order valence-electron chi connectivity index (χ2n) is 5.66. The van der Waals surface area contributed by atoms with Crippen LogP contribution in [0.5, 0.6) is 0 Å². The molecule has 0 bridgehead atoms. The molecule has 1 aliphatic rings. The third-order valence-electron chi connectivity index (χ3n) is 3.64. The summed E-state index contributed by atoms with van der Waals surface area (Å²) >= 11 is 0. The van der Waals surface area contributed by atoms with Crippen LogP contribution in [-0.4, -0.2) is 24.6 Å². The average molecular weight is 271 g/mol. The van der Waals surface area contributed by atoms with Crippen molar-refractivity contribution in [1.82, 2.24) is 10.3 Å². The van der Waals surface area contributed by atoms with Gasteiger partial charge in [0.1, 0.15) is 0 Å². The largest absolute Gasteiger partial charge is 0.360 e. The first-order chi connectivity index (χ1) is 9.74. The monoisotopic (exact) mass is 271 g/mol. The molecule has 0 aliphatic heterocycles. The Kier molecular flexibility index (Phi) is 5.43. The van der Waals surface area contributed by atoms with Gasteiger partial charge in [0.15, 0.2) is 0 Å². The summed E-state index contributed by atoms with van der Waals surface area (Å²) in [4.78, 5) is 6.78. The zero-order chi connectivity index (χ0) is 14.4. The smallest absolute Gasteiger partial charge is 0.0791 e. The molecule has 108 valence electrons. The normalized spacial score (nSPS) is 14.1. The van der Waals surface area contributed by atoms with Crippen molar-refractivity contribution in [3.63, 3.8) is 0 Å². The maximum absolute atomic E-state index is 5.55. The summed E-state index contributed by atoms with van der Waals surface area (Å²) in [7, 11) is 0. The van der Waals surface area contributed by atoms with Gasteiger partial charge in [-0.1, -0.05) is 12.8 Å². The van der Waals surface area contributed by atoms with Gasteiger partial charge in [0.2, 0.25) is 0 Å². The van der Waals surface area contributed by atoms with E-state index in [1.807, 2.05) is 13.1 Å². The summed E-state index contributed by atoms with van der Waals surface area (Å²) < 4.78 is 0. The molecular formula is C17H25N3. The van der Waals surface area contributed by atoms with E-state index in [0.717, 1.165) is 37.7 Å². The molecule has 1 saturated carbocycles. The van der Waals surface area contributed by atoms with Gasteiger partial charge in [-0.25, -0.2) is 0 Å². The minimum absolute atomic E-state index is 0.681. The highest BCUT2D eigenvalue weighted by Gasteiger charge is 2.25. The van der Waals surface area contributed by atoms with Crippen LogP contribution >= 0.6 is 0 Å². The van der Waals surface area contributed by atoms with Gasteiger partial charge in [-0.05, 0) is 44.7 Å². The third-order valence-corrected chi connectivity index (χ3v) is 3.64. The molecule has 0 saturated heterocycles. The zero-order valence-electron chi connectivity index (χ0n) is 12.7. The molecular weight excluding hydrogens is 246 g/mol. The van der Waals surface area contributed by atoms with Crippen LogP contribution in [0, 0.1) is 25.2 Å². The molecule has 0 unspecified atom stereocenters. The number of hydrogen-bond donors (Lipinski definition) is 1. The van der Waals surface area contributed by atoms with Crippen molar-refractivity contribution in [2.24, 2.45) is 5.92 Å². The van der Waals surface area contributed by atoms with E-state index in [9.17, 15) is 0 Å². The molecule has 1 fully saturated rings. The van der Waals surface area contributed by atoms with E-state index < -0.39 is 0 Å². The number of terminal acetylenes is 1. The van der Waals surface area contributed by atoms with E-state index in [4.69, 9.17) is 6.42 Å². The predicted molar refractivity (Wildman–Crippen MR) is 84.7 cm³/mol. The van der Waals surface area contributed by atoms with Crippen molar-refractivity contribution in [2.75, 3.05) is 24.5 Å². The fraction of sp³-hybridized carbons (Fsp3) is 0.588. The number of pyridine rings is 1. The Hall–Kier alpha value is -1.53. The number of rotatable bonds is 8. The minimum Gasteiger partial charge on any atom is -0.360 e. The fourth-order valence-corrected chi connectivity index (χ4v) is 2.37. The molecule has 3 nitrogen and oxygen atoms in total. The Bertz CT molecular complexity index is 472. The summed E-state index contributed by atoms with van der Waals surface area (Å²) in [6.07, 6.45) is 11.4. The van der Waals surface area contributed by atoms with E-state index in [-0.39, 0.29) is 0 Å². The van der Waals surface area contributed by atoms with Crippen molar-refractivity contribution in [1.29, 1.82) is 0 Å². The van der Waals surface area contributed by atoms with Crippen LogP contribution in [0.25, 0.3) is 0 Å². The molecule has 1 heterocycles. The van der Waals surface area contributed by atoms with Gasteiger partial charge < -0.3 is 10.2 Å². The molecule has 20 heavy (non-hydrogen) atoms. The van der Waals surface area contributed by atoms with Crippen LogP contribution in [-0.2, 0) is 6.54 Å². The highest BCUT2D eigenvalue weighted by Crippen LogP contribution is 2.32. The maximum atomic E-state index is 5.55. The Morgan fingerprint density at radius 2 is 2.30 bits per heavy atom. The first kappa shape index (κ1) is 14.9. The Labute approximate surface area is 122 Å². The lowest BCUT2D eigenvalue weighted by Gasteiger charge is -2.25. The van der Waals surface area contributed by atoms with E-state index >= 15 is 0 Å². The number of nitrogens with one attached hydrogen (secondary N) is 1. The molecule has 3 heteroatoms. The van der Waals surface area contributed by atoms with Gasteiger partial charge in [0, 0.05) is 36.2 Å². The Balaban J connectivity index is 2.16. The summed E-state index contributed by atoms with van der Waals surface area (Å²) in [6, 6.07) is 2.17. The molecule has 0 radical (unpaired) electrons. The third kappa shape index (κ3) is 4.25. The maximum Gasteiger partial charge on any atom is 0.0791 e. The lowest BCUT2D eigenvalue weighted by atomic mass is 10.1. The fourth-order valence-electron chi connectivity index (χ4n) is 2.37. The van der Waals surface area contributed by atoms with Crippen molar-refractivity contribution >= 4 is 5.69 Å². The molecule has 0 atom stereocenters. The highest BCUT2D eigenvalue weighted by atomic mass is 15.1. The van der Waals surface area contributed by atoms with Crippen LogP contribution in [0.15, 0.2) is 12.3 Å². The van der Waals surface area contributed by atoms with E-state index in [2.05, 4.69) is 34.1 Å². The molecule has 0 aromatic carbocycles. The number of aryl methyl sites for hydroxylation is 1. The molecule has 1 N–H and O–H groups in total. The van der Waals surface area contributed by atoms with E-state index in [1.165, 1.54) is 24.1 Å². The zero-order valence-corrected chi connectivity index (χ0v) is 12.7. The molecule has 0 amide bonds. The lowest BCUT2D eigenvalue weighted by Crippen LogP contribution is -2.28. The second-order valence-corrected chi connectivity index (χ2v) is 5.66. The van der Waals surface area contributed by atoms with Gasteiger partial charge in [-0.3, -0.25) is 4.98 Å². The average Bonchev–Trinajstić information content (AvgIpc) is 3.24. The van der Waals surface area contributed by atoms with Gasteiger partial charge >= 0.3 is 0 Å². The van der Waals surface area contributed by atoms with Crippen LogP contribution in [0.3, 0.4) is 0 Å². The number of nitrogens with zero attached hydrogens (tertiary/aromatic N) is 2. The van der Waals surface area contributed by atoms with Crippen LogP contribution in [0.2, 0.25) is 0 Å². The second kappa shape index (κ2) is 7.31. The standard InChI is InChI=1S/C17H25N3/c1-4-8-18-11-16-12-19-14(3)10-17(16)20(9-5-2)13-15-6-7-15/h2,10,12,15,18H,4,6-9,11,13H2,1,3H3. The lowest BCUT2D eigenvalue weighted by molar-refractivity contribution is 0.668. The van der Waals surface area contributed by atoms with Gasteiger partial charge in [-0.15, -0.1) is 6.42 Å². The minimum atomic E-state index is 0.681. The van der Waals surface area contributed by atoms with Gasteiger partial charge in [-0.2, -0.15) is 0 Å². The summed E-state index contributed by atoms with van der Waals surface area (Å²) in [5, 5.41) is 3.46. The summed E-state index contributed by atoms with van der Waals surface area (Å²) in [5.74, 6) is 3.63. The first-order valence-electron chi connectivity index (χ1n) is 7.59. The molecule has 2 rings (SSSR count). The van der Waals surface area contributed by atoms with Crippen LogP contribution in [0.4, 0.5) is 5.69 Å². The van der Waals surface area contributed by atoms with Crippen molar-refractivity contribution in [3.05, 3.63) is 23.5 Å². The summed E-state index contributed by atoms with van der Waals surface area (Å²) in [5.41, 5.74) is 3.56. The van der Waals surface area contributed by atoms with Crippen LogP contribution in [0.1, 0.15) is 37.4 Å². The van der Waals surface area contributed by atoms with E-state index in [1.54, 1.807) is 0 Å². The molecule has 1 aromatic rings. The molecule has 1 aliphatic carbocycles. The van der Waals surface area contributed by atoms with Crippen LogP contribution < -0.4 is 10.2 Å². The van der Waals surface area contributed by atoms with E-state index in [0.29, 0.717) is 6.54 Å². The highest BCUT2D eigenvalue weighted by molar-refractivity contribution is 5.54. The number of aromatic nitrogens is 1. The van der Waals surface area contributed by atoms with Crippen molar-refractivity contribution in [3.8, 4) is 12.3 Å². The quantitative estimate of drug-likeness (QED) is 0.582. The Morgan fingerprint density at radius 3 is 2.95 bits per heavy atom. The van der Waals surface area contributed by atoms with Gasteiger partial charge in [0.05, 0.1) is 6.54 Å². The predicted octanol–water partition coefficient (Wildman–Crippen LogP) is 2.74. The number of anilines is 1. The topological polar surface area (TPSA) is 28.2 Å². The van der Waals surface area contributed by atoms with Gasteiger partial charge in [0.25, 0.3) is 0 Å². The molecule has 1 aromatic heterocycles. The molecule has 0 spiro atoms. The van der Waals surface area contributed by atoms with Crippen molar-refractivity contribution < 1.29 is 0 Å². The summed E-state index contributed by atoms with van der Waals surface area (Å²) in [6.45, 7) is 7.87. The van der Waals surface area contributed by atoms with Crippen molar-refractivity contribution in [2.45, 2.75) is 39.7 Å². The first-order valence-corrected chi connectivity index (χ1v) is 7.59. The Morgan fingerprint density at radius 1 is 1.50 bits per heavy atom. The SMILES string of the molecule is C#CCN(CC1CC1)c1cc(C)ncc1CNCCC.